The third-order valence-electron chi connectivity index (χ3n) is 3.68. The van der Waals surface area contributed by atoms with Gasteiger partial charge in [0, 0.05) is 12.5 Å². The second kappa shape index (κ2) is 7.20. The molecule has 0 aliphatic carbocycles. The lowest BCUT2D eigenvalue weighted by Gasteiger charge is -2.21. The average Bonchev–Trinajstić information content (AvgIpc) is 2.36. The summed E-state index contributed by atoms with van der Waals surface area (Å²) in [4.78, 5) is 11.6. The summed E-state index contributed by atoms with van der Waals surface area (Å²) in [6, 6.07) is 11.0. The molecule has 1 amide bonds. The highest BCUT2D eigenvalue weighted by atomic mass is 16.1. The van der Waals surface area contributed by atoms with E-state index in [0.717, 1.165) is 38.5 Å². The number of aryl methyl sites for hydroxylation is 1. The van der Waals surface area contributed by atoms with Crippen molar-refractivity contribution in [1.82, 2.24) is 5.32 Å². The van der Waals surface area contributed by atoms with Gasteiger partial charge in [-0.1, -0.05) is 43.2 Å². The summed E-state index contributed by atoms with van der Waals surface area (Å²) in [5.74, 6) is 0.249. The largest absolute Gasteiger partial charge is 0.353 e. The summed E-state index contributed by atoms with van der Waals surface area (Å²) in [5.41, 5.74) is 1.40. The van der Waals surface area contributed by atoms with Crippen molar-refractivity contribution in [3.63, 3.8) is 0 Å². The number of amides is 1. The van der Waals surface area contributed by atoms with E-state index in [0.29, 0.717) is 6.04 Å². The first-order valence-corrected chi connectivity index (χ1v) is 7.18. The van der Waals surface area contributed by atoms with Crippen molar-refractivity contribution >= 4 is 5.91 Å². The van der Waals surface area contributed by atoms with Crippen LogP contribution in [0.15, 0.2) is 30.3 Å². The Labute approximate surface area is 110 Å². The van der Waals surface area contributed by atoms with Crippen molar-refractivity contribution in [1.29, 1.82) is 0 Å². The van der Waals surface area contributed by atoms with Crippen molar-refractivity contribution < 1.29 is 4.79 Å². The van der Waals surface area contributed by atoms with Crippen molar-refractivity contribution in [3.05, 3.63) is 35.9 Å². The van der Waals surface area contributed by atoms with Crippen LogP contribution in [0.4, 0.5) is 0 Å². The van der Waals surface area contributed by atoms with Crippen LogP contribution in [0.2, 0.25) is 0 Å². The second-order valence-electron chi connectivity index (χ2n) is 5.24. The molecule has 1 aliphatic rings. The van der Waals surface area contributed by atoms with E-state index in [2.05, 4.69) is 35.6 Å². The second-order valence-corrected chi connectivity index (χ2v) is 5.24. The van der Waals surface area contributed by atoms with Crippen LogP contribution < -0.4 is 5.32 Å². The molecule has 1 atom stereocenters. The number of nitrogens with one attached hydrogen (secondary N) is 1. The minimum absolute atomic E-state index is 0.249. The molecule has 0 saturated carbocycles. The third kappa shape index (κ3) is 4.52. The lowest BCUT2D eigenvalue weighted by molar-refractivity contribution is -0.122. The predicted molar refractivity (Wildman–Crippen MR) is 74.4 cm³/mol. The van der Waals surface area contributed by atoms with E-state index in [4.69, 9.17) is 0 Å². The molecule has 0 radical (unpaired) electrons. The standard InChI is InChI=1S/C16H23NO/c18-16-13-6-2-5-11-15(17-16)12-7-10-14-8-3-1-4-9-14/h1,3-4,8-9,15H,2,5-7,10-13H2,(H,17,18). The quantitative estimate of drug-likeness (QED) is 0.864. The fraction of sp³-hybridized carbons (Fsp3) is 0.562. The van der Waals surface area contributed by atoms with Crippen molar-refractivity contribution in [2.24, 2.45) is 0 Å². The van der Waals surface area contributed by atoms with Gasteiger partial charge < -0.3 is 5.32 Å². The molecule has 98 valence electrons. The molecule has 18 heavy (non-hydrogen) atoms. The summed E-state index contributed by atoms with van der Waals surface area (Å²) < 4.78 is 0. The van der Waals surface area contributed by atoms with Crippen molar-refractivity contribution in [2.45, 2.75) is 57.4 Å². The monoisotopic (exact) mass is 245 g/mol. The highest BCUT2D eigenvalue weighted by molar-refractivity contribution is 5.76. The van der Waals surface area contributed by atoms with E-state index < -0.39 is 0 Å². The van der Waals surface area contributed by atoms with E-state index in [9.17, 15) is 4.79 Å². The van der Waals surface area contributed by atoms with Gasteiger partial charge in [0.15, 0.2) is 0 Å². The number of rotatable bonds is 4. The molecule has 1 fully saturated rings. The van der Waals surface area contributed by atoms with Gasteiger partial charge >= 0.3 is 0 Å². The van der Waals surface area contributed by atoms with Gasteiger partial charge in [0.25, 0.3) is 0 Å². The van der Waals surface area contributed by atoms with Crippen LogP contribution in [-0.4, -0.2) is 11.9 Å². The summed E-state index contributed by atoms with van der Waals surface area (Å²) >= 11 is 0. The Balaban J connectivity index is 1.73. The minimum atomic E-state index is 0.249. The lowest BCUT2D eigenvalue weighted by atomic mass is 9.98. The zero-order chi connectivity index (χ0) is 12.6. The Bertz CT molecular complexity index is 361. The van der Waals surface area contributed by atoms with Gasteiger partial charge in [0.1, 0.15) is 0 Å². The first kappa shape index (κ1) is 13.1. The smallest absolute Gasteiger partial charge is 0.220 e. The number of hydrogen-bond donors (Lipinski definition) is 1. The van der Waals surface area contributed by atoms with Gasteiger partial charge in [-0.3, -0.25) is 4.79 Å². The van der Waals surface area contributed by atoms with Crippen molar-refractivity contribution in [3.8, 4) is 0 Å². The summed E-state index contributed by atoms with van der Waals surface area (Å²) in [6.45, 7) is 0. The van der Waals surface area contributed by atoms with Crippen LogP contribution in [0.1, 0.15) is 50.5 Å². The number of hydrogen-bond acceptors (Lipinski definition) is 1. The van der Waals surface area contributed by atoms with Crippen LogP contribution in [0.25, 0.3) is 0 Å². The molecule has 2 heteroatoms. The van der Waals surface area contributed by atoms with Crippen LogP contribution in [0, 0.1) is 0 Å². The van der Waals surface area contributed by atoms with E-state index in [-0.39, 0.29) is 5.91 Å². The Morgan fingerprint density at radius 3 is 2.78 bits per heavy atom. The molecule has 1 unspecified atom stereocenters. The molecule has 2 rings (SSSR count). The molecular weight excluding hydrogens is 222 g/mol. The zero-order valence-electron chi connectivity index (χ0n) is 11.0. The fourth-order valence-electron chi connectivity index (χ4n) is 2.64. The molecule has 1 aromatic rings. The first-order valence-electron chi connectivity index (χ1n) is 7.18. The van der Waals surface area contributed by atoms with Gasteiger partial charge in [-0.25, -0.2) is 0 Å². The van der Waals surface area contributed by atoms with Gasteiger partial charge in [0.2, 0.25) is 5.91 Å². The fourth-order valence-corrected chi connectivity index (χ4v) is 2.64. The van der Waals surface area contributed by atoms with Crippen LogP contribution >= 0.6 is 0 Å². The molecule has 1 aromatic carbocycles. The summed E-state index contributed by atoms with van der Waals surface area (Å²) in [5, 5.41) is 3.17. The Morgan fingerprint density at radius 2 is 1.94 bits per heavy atom. The highest BCUT2D eigenvalue weighted by Gasteiger charge is 2.14. The SMILES string of the molecule is O=C1CCCCCC(CCCc2ccccc2)N1. The molecular formula is C16H23NO. The topological polar surface area (TPSA) is 29.1 Å². The maximum atomic E-state index is 11.6. The average molecular weight is 245 g/mol. The zero-order valence-corrected chi connectivity index (χ0v) is 11.0. The minimum Gasteiger partial charge on any atom is -0.353 e. The number of carbonyl (C=O) groups excluding carboxylic acids is 1. The number of carbonyl (C=O) groups is 1. The maximum absolute atomic E-state index is 11.6. The Hall–Kier alpha value is -1.31. The van der Waals surface area contributed by atoms with E-state index in [1.807, 2.05) is 0 Å². The molecule has 1 heterocycles. The highest BCUT2D eigenvalue weighted by Crippen LogP contribution is 2.15. The molecule has 0 bridgehead atoms. The van der Waals surface area contributed by atoms with Gasteiger partial charge in [0.05, 0.1) is 0 Å². The van der Waals surface area contributed by atoms with Gasteiger partial charge in [-0.2, -0.15) is 0 Å². The van der Waals surface area contributed by atoms with Crippen LogP contribution in [0.3, 0.4) is 0 Å². The predicted octanol–water partition coefficient (Wildman–Crippen LogP) is 3.46. The Morgan fingerprint density at radius 1 is 1.11 bits per heavy atom. The van der Waals surface area contributed by atoms with Gasteiger partial charge in [-0.05, 0) is 37.7 Å². The molecule has 2 nitrogen and oxygen atoms in total. The van der Waals surface area contributed by atoms with Crippen molar-refractivity contribution in [2.75, 3.05) is 0 Å². The maximum Gasteiger partial charge on any atom is 0.220 e. The molecule has 1 N–H and O–H groups in total. The molecule has 0 aromatic heterocycles. The number of benzene rings is 1. The normalized spacial score (nSPS) is 20.9. The third-order valence-corrected chi connectivity index (χ3v) is 3.68. The lowest BCUT2D eigenvalue weighted by Crippen LogP contribution is -2.35. The Kier molecular flexibility index (Phi) is 5.25. The first-order chi connectivity index (χ1) is 8.84. The van der Waals surface area contributed by atoms with E-state index in [1.165, 1.54) is 18.4 Å². The molecule has 1 saturated heterocycles. The molecule has 0 spiro atoms. The summed E-state index contributed by atoms with van der Waals surface area (Å²) in [6.07, 6.45) is 8.79. The van der Waals surface area contributed by atoms with Crippen LogP contribution in [-0.2, 0) is 11.2 Å². The van der Waals surface area contributed by atoms with E-state index in [1.54, 1.807) is 0 Å². The van der Waals surface area contributed by atoms with Gasteiger partial charge in [-0.15, -0.1) is 0 Å². The summed E-state index contributed by atoms with van der Waals surface area (Å²) in [7, 11) is 0. The molecule has 1 aliphatic heterocycles. The van der Waals surface area contributed by atoms with Crippen LogP contribution in [0.5, 0.6) is 0 Å². The van der Waals surface area contributed by atoms with E-state index >= 15 is 0 Å².